The van der Waals surface area contributed by atoms with E-state index in [9.17, 15) is 9.90 Å². The van der Waals surface area contributed by atoms with Gasteiger partial charge >= 0.3 is 5.97 Å². The Bertz CT molecular complexity index is 685. The van der Waals surface area contributed by atoms with Crippen LogP contribution in [0.25, 0.3) is 0 Å². The molecule has 21 heavy (non-hydrogen) atoms. The lowest BCUT2D eigenvalue weighted by atomic mass is 9.68. The Labute approximate surface area is 119 Å². The molecule has 0 amide bonds. The highest BCUT2D eigenvalue weighted by Crippen LogP contribution is 2.42. The monoisotopic (exact) mass is 290 g/mol. The van der Waals surface area contributed by atoms with Gasteiger partial charge in [0.2, 0.25) is 5.89 Å². The van der Waals surface area contributed by atoms with Crippen molar-refractivity contribution in [3.05, 3.63) is 17.5 Å². The van der Waals surface area contributed by atoms with Gasteiger partial charge in [0, 0.05) is 5.92 Å². The lowest BCUT2D eigenvalue weighted by Gasteiger charge is -2.34. The Balaban J connectivity index is 1.52. The minimum absolute atomic E-state index is 0.211. The van der Waals surface area contributed by atoms with Gasteiger partial charge in [-0.05, 0) is 30.9 Å². The predicted molar refractivity (Wildman–Crippen MR) is 66.4 cm³/mol. The van der Waals surface area contributed by atoms with Crippen molar-refractivity contribution in [2.75, 3.05) is 0 Å². The Morgan fingerprint density at radius 3 is 2.86 bits per heavy atom. The molecule has 0 radical (unpaired) electrons. The number of nitrogens with zero attached hydrogens (tertiary/aromatic N) is 6. The summed E-state index contributed by atoms with van der Waals surface area (Å²) in [5.41, 5.74) is -0.975. The van der Waals surface area contributed by atoms with Crippen LogP contribution in [-0.4, -0.2) is 41.4 Å². The lowest BCUT2D eigenvalue weighted by Crippen LogP contribution is -2.43. The van der Waals surface area contributed by atoms with Gasteiger partial charge in [-0.2, -0.15) is 9.78 Å². The number of carboxylic acid groups (broad SMARTS) is 1. The molecule has 2 aliphatic carbocycles. The second-order valence-electron chi connectivity index (χ2n) is 5.70. The average molecular weight is 290 g/mol. The molecule has 0 aliphatic heterocycles. The molecule has 2 saturated carbocycles. The summed E-state index contributed by atoms with van der Waals surface area (Å²) in [6, 6.07) is 0. The van der Waals surface area contributed by atoms with Crippen molar-refractivity contribution < 1.29 is 14.4 Å². The van der Waals surface area contributed by atoms with Crippen LogP contribution in [0, 0.1) is 0 Å². The number of tetrazole rings is 1. The van der Waals surface area contributed by atoms with Gasteiger partial charge in [0.15, 0.2) is 11.6 Å². The van der Waals surface area contributed by atoms with Crippen molar-refractivity contribution in [3.8, 4) is 0 Å². The van der Waals surface area contributed by atoms with Crippen LogP contribution in [0.4, 0.5) is 0 Å². The van der Waals surface area contributed by atoms with Crippen LogP contribution in [0.1, 0.15) is 55.6 Å². The first-order chi connectivity index (χ1) is 10.2. The first-order valence-electron chi connectivity index (χ1n) is 7.01. The van der Waals surface area contributed by atoms with Gasteiger partial charge in [-0.1, -0.05) is 11.6 Å². The first-order valence-corrected chi connectivity index (χ1v) is 7.01. The van der Waals surface area contributed by atoms with E-state index in [4.69, 9.17) is 4.52 Å². The number of carboxylic acids is 1. The van der Waals surface area contributed by atoms with Crippen molar-refractivity contribution in [1.29, 1.82) is 0 Å². The second kappa shape index (κ2) is 4.34. The molecular formula is C12H14N6O3. The summed E-state index contributed by atoms with van der Waals surface area (Å²) in [7, 11) is 0. The third-order valence-electron chi connectivity index (χ3n) is 4.20. The molecule has 2 fully saturated rings. The summed E-state index contributed by atoms with van der Waals surface area (Å²) in [4.78, 5) is 17.0. The molecular weight excluding hydrogens is 276 g/mol. The zero-order chi connectivity index (χ0) is 14.4. The molecule has 9 nitrogen and oxygen atoms in total. The highest BCUT2D eigenvalue weighted by Gasteiger charge is 2.50. The normalized spacial score (nSPS) is 20.2. The molecule has 0 aromatic carbocycles. The standard InChI is InChI=1S/C12H14N6O3/c19-11(20)12(4-1-5-12)10-13-8(21-16-10)6-18-15-9(14-17-18)7-2-3-7/h7H,1-6H2,(H,19,20). The number of hydrogen-bond acceptors (Lipinski definition) is 7. The van der Waals surface area contributed by atoms with Crippen LogP contribution in [0.5, 0.6) is 0 Å². The van der Waals surface area contributed by atoms with Crippen molar-refractivity contribution in [2.45, 2.75) is 50.0 Å². The molecule has 0 unspecified atom stereocenters. The molecule has 0 bridgehead atoms. The van der Waals surface area contributed by atoms with E-state index in [-0.39, 0.29) is 12.4 Å². The van der Waals surface area contributed by atoms with Gasteiger partial charge < -0.3 is 9.63 Å². The maximum absolute atomic E-state index is 11.4. The second-order valence-corrected chi connectivity index (χ2v) is 5.70. The minimum atomic E-state index is -0.975. The molecule has 0 spiro atoms. The molecule has 2 aromatic rings. The summed E-state index contributed by atoms with van der Waals surface area (Å²) in [5.74, 6) is 0.838. The Morgan fingerprint density at radius 1 is 1.43 bits per heavy atom. The fraction of sp³-hybridized carbons (Fsp3) is 0.667. The van der Waals surface area contributed by atoms with Gasteiger partial charge in [-0.25, -0.2) is 0 Å². The number of aromatic nitrogens is 6. The van der Waals surface area contributed by atoms with Crippen LogP contribution < -0.4 is 0 Å². The van der Waals surface area contributed by atoms with Gasteiger partial charge in [-0.3, -0.25) is 4.79 Å². The first kappa shape index (κ1) is 12.4. The molecule has 1 N–H and O–H groups in total. The summed E-state index contributed by atoms with van der Waals surface area (Å²) < 4.78 is 5.13. The van der Waals surface area contributed by atoms with Crippen molar-refractivity contribution in [3.63, 3.8) is 0 Å². The van der Waals surface area contributed by atoms with Crippen LogP contribution in [0.2, 0.25) is 0 Å². The Kier molecular flexibility index (Phi) is 2.57. The van der Waals surface area contributed by atoms with E-state index in [1.165, 1.54) is 4.80 Å². The van der Waals surface area contributed by atoms with E-state index in [2.05, 4.69) is 25.6 Å². The third-order valence-corrected chi connectivity index (χ3v) is 4.20. The van der Waals surface area contributed by atoms with Crippen molar-refractivity contribution in [2.24, 2.45) is 0 Å². The lowest BCUT2D eigenvalue weighted by molar-refractivity contribution is -0.147. The maximum Gasteiger partial charge on any atom is 0.317 e. The summed E-state index contributed by atoms with van der Waals surface area (Å²) in [6.07, 6.45) is 4.18. The third kappa shape index (κ3) is 1.99. The fourth-order valence-electron chi connectivity index (χ4n) is 2.53. The quantitative estimate of drug-likeness (QED) is 0.844. The highest BCUT2D eigenvalue weighted by atomic mass is 16.5. The van der Waals surface area contributed by atoms with Crippen molar-refractivity contribution >= 4 is 5.97 Å². The number of hydrogen-bond donors (Lipinski definition) is 1. The van der Waals surface area contributed by atoms with Gasteiger partial charge in [0.25, 0.3) is 0 Å². The SMILES string of the molecule is O=C(O)C1(c2noc(Cn3nnc(C4CC4)n3)n2)CCC1. The highest BCUT2D eigenvalue weighted by molar-refractivity contribution is 5.81. The van der Waals surface area contributed by atoms with E-state index in [0.717, 1.165) is 25.1 Å². The molecule has 2 aliphatic rings. The molecule has 0 saturated heterocycles. The topological polar surface area (TPSA) is 120 Å². The van der Waals surface area contributed by atoms with Crippen molar-refractivity contribution in [1.82, 2.24) is 30.3 Å². The Morgan fingerprint density at radius 2 is 2.24 bits per heavy atom. The number of aliphatic carboxylic acids is 1. The van der Waals surface area contributed by atoms with Crippen LogP contribution in [0.15, 0.2) is 4.52 Å². The van der Waals surface area contributed by atoms with E-state index in [1.807, 2.05) is 0 Å². The fourth-order valence-corrected chi connectivity index (χ4v) is 2.53. The smallest absolute Gasteiger partial charge is 0.317 e. The predicted octanol–water partition coefficient (Wildman–Crippen LogP) is 0.488. The molecule has 2 heterocycles. The summed E-state index contributed by atoms with van der Waals surface area (Å²) in [6.45, 7) is 0.211. The Hall–Kier alpha value is -2.32. The zero-order valence-corrected chi connectivity index (χ0v) is 11.3. The van der Waals surface area contributed by atoms with Gasteiger partial charge in [-0.15, -0.1) is 10.2 Å². The van der Waals surface area contributed by atoms with Gasteiger partial charge in [0.1, 0.15) is 12.0 Å². The summed E-state index contributed by atoms with van der Waals surface area (Å²) in [5, 5.41) is 25.4. The molecule has 9 heteroatoms. The number of carbonyl (C=O) groups is 1. The number of rotatable bonds is 5. The average Bonchev–Trinajstić information content (AvgIpc) is 2.97. The summed E-state index contributed by atoms with van der Waals surface area (Å²) >= 11 is 0. The molecule has 110 valence electrons. The van der Waals surface area contributed by atoms with E-state index in [0.29, 0.717) is 24.7 Å². The van der Waals surface area contributed by atoms with E-state index < -0.39 is 11.4 Å². The van der Waals surface area contributed by atoms with Crippen LogP contribution >= 0.6 is 0 Å². The van der Waals surface area contributed by atoms with Crippen LogP contribution in [-0.2, 0) is 16.8 Å². The maximum atomic E-state index is 11.4. The zero-order valence-electron chi connectivity index (χ0n) is 11.3. The van der Waals surface area contributed by atoms with Gasteiger partial charge in [0.05, 0.1) is 0 Å². The molecule has 4 rings (SSSR count). The van der Waals surface area contributed by atoms with E-state index in [1.54, 1.807) is 0 Å². The minimum Gasteiger partial charge on any atom is -0.480 e. The molecule has 2 aromatic heterocycles. The van der Waals surface area contributed by atoms with Crippen LogP contribution in [0.3, 0.4) is 0 Å². The molecule has 0 atom stereocenters. The largest absolute Gasteiger partial charge is 0.480 e. The van der Waals surface area contributed by atoms with E-state index >= 15 is 0 Å².